The van der Waals surface area contributed by atoms with Crippen LogP contribution in [0.2, 0.25) is 0 Å². The van der Waals surface area contributed by atoms with Crippen LogP contribution in [0.25, 0.3) is 22.2 Å². The van der Waals surface area contributed by atoms with Crippen molar-refractivity contribution in [1.29, 1.82) is 0 Å². The highest BCUT2D eigenvalue weighted by Crippen LogP contribution is 2.49. The number of nitrogens with one attached hydrogen (secondary N) is 1. The van der Waals surface area contributed by atoms with Gasteiger partial charge < -0.3 is 35.1 Å². The Kier molecular flexibility index (Phi) is 6.60. The number of carbonyl (C=O) groups is 2. The first-order valence-corrected chi connectivity index (χ1v) is 14.4. The summed E-state index contributed by atoms with van der Waals surface area (Å²) in [4.78, 5) is 30.0. The number of halogens is 3. The van der Waals surface area contributed by atoms with Gasteiger partial charge in [0.1, 0.15) is 34.7 Å². The number of hydrogen-bond acceptors (Lipinski definition) is 9. The van der Waals surface area contributed by atoms with Crippen LogP contribution in [0.3, 0.4) is 0 Å². The molecule has 1 unspecified atom stereocenters. The van der Waals surface area contributed by atoms with Crippen molar-refractivity contribution in [2.75, 3.05) is 27.1 Å². The molecule has 2 atom stereocenters. The van der Waals surface area contributed by atoms with Gasteiger partial charge in [-0.15, -0.1) is 0 Å². The second kappa shape index (κ2) is 10.2. The van der Waals surface area contributed by atoms with Crippen molar-refractivity contribution in [2.45, 2.75) is 43.0 Å². The van der Waals surface area contributed by atoms with Crippen molar-refractivity contribution in [3.63, 3.8) is 0 Å². The maximum atomic E-state index is 14.8. The Balaban J connectivity index is 1.28. The number of nitrogens with two attached hydrogens (primary N) is 1. The lowest BCUT2D eigenvalue weighted by Crippen LogP contribution is -2.51. The summed E-state index contributed by atoms with van der Waals surface area (Å²) in [5.74, 6) is -0.703. The molecule has 4 N–H and O–H groups in total. The standard InChI is InChI=1S/C31H28F3N5O7/c1-29(28(35)41)13-44-26-19(29)10-23(37-25(26)15-3-6-20-21(8-15)46-14-45-20)30(42,31(32,33)34)12-36-27(40)16-7-17-11-39(18-4-5-18)38-24(17)22(9-16)43-2/h3,6-11,18,42H,4-5,12-14H2,1-2H3,(H2,35,41)(H,36,40)/t29-,30?/m0/s1. The van der Waals surface area contributed by atoms with Crippen molar-refractivity contribution in [3.05, 3.63) is 59.4 Å². The first kappa shape index (κ1) is 29.6. The molecule has 4 aromatic rings. The molecule has 2 aromatic carbocycles. The Bertz CT molecular complexity index is 1920. The number of alkyl halides is 3. The van der Waals surface area contributed by atoms with E-state index in [4.69, 9.17) is 24.7 Å². The predicted molar refractivity (Wildman–Crippen MR) is 155 cm³/mol. The number of pyridine rings is 1. The van der Waals surface area contributed by atoms with E-state index in [9.17, 15) is 27.9 Å². The number of carbonyl (C=O) groups excluding carboxylic acids is 2. The van der Waals surface area contributed by atoms with E-state index in [1.54, 1.807) is 16.9 Å². The number of benzene rings is 2. The van der Waals surface area contributed by atoms with Gasteiger partial charge in [0, 0.05) is 28.3 Å². The molecule has 3 aliphatic rings. The van der Waals surface area contributed by atoms with Gasteiger partial charge in [-0.1, -0.05) is 0 Å². The minimum atomic E-state index is -5.33. The monoisotopic (exact) mass is 639 g/mol. The highest BCUT2D eigenvalue weighted by Gasteiger charge is 2.57. The molecule has 0 bridgehead atoms. The second-order valence-electron chi connectivity index (χ2n) is 11.8. The first-order valence-electron chi connectivity index (χ1n) is 14.4. The fourth-order valence-electron chi connectivity index (χ4n) is 5.62. The average molecular weight is 640 g/mol. The second-order valence-corrected chi connectivity index (χ2v) is 11.8. The van der Waals surface area contributed by atoms with Crippen LogP contribution >= 0.6 is 0 Å². The van der Waals surface area contributed by atoms with Crippen LogP contribution in [0, 0.1) is 0 Å². The number of amides is 2. The number of aliphatic hydroxyl groups is 1. The van der Waals surface area contributed by atoms with Crippen molar-refractivity contribution < 1.29 is 46.8 Å². The lowest BCUT2D eigenvalue weighted by molar-refractivity contribution is -0.265. The van der Waals surface area contributed by atoms with Gasteiger partial charge in [0.05, 0.1) is 25.4 Å². The van der Waals surface area contributed by atoms with E-state index in [1.807, 2.05) is 0 Å². The van der Waals surface area contributed by atoms with E-state index in [0.29, 0.717) is 22.4 Å². The Morgan fingerprint density at radius 1 is 1.15 bits per heavy atom. The molecule has 0 spiro atoms. The van der Waals surface area contributed by atoms with E-state index in [0.717, 1.165) is 18.9 Å². The number of methoxy groups -OCH3 is 1. The molecule has 0 saturated heterocycles. The van der Waals surface area contributed by atoms with Crippen LogP contribution in [0.4, 0.5) is 13.2 Å². The maximum absolute atomic E-state index is 14.8. The van der Waals surface area contributed by atoms with Gasteiger partial charge >= 0.3 is 6.18 Å². The maximum Gasteiger partial charge on any atom is 0.424 e. The van der Waals surface area contributed by atoms with Crippen molar-refractivity contribution in [3.8, 4) is 34.3 Å². The van der Waals surface area contributed by atoms with E-state index in [1.165, 1.54) is 38.3 Å². The Hall–Kier alpha value is -5.05. The number of rotatable bonds is 8. The lowest BCUT2D eigenvalue weighted by Gasteiger charge is -2.31. The molecule has 1 fully saturated rings. The highest BCUT2D eigenvalue weighted by atomic mass is 19.4. The topological polar surface area (TPSA) is 160 Å². The van der Waals surface area contributed by atoms with Crippen LogP contribution in [-0.2, 0) is 15.8 Å². The van der Waals surface area contributed by atoms with Gasteiger partial charge in [-0.2, -0.15) is 18.3 Å². The molecule has 2 aromatic heterocycles. The lowest BCUT2D eigenvalue weighted by atomic mass is 9.81. The fraction of sp³-hybridized carbons (Fsp3) is 0.355. The van der Waals surface area contributed by atoms with Crippen LogP contribution in [0.1, 0.15) is 47.4 Å². The van der Waals surface area contributed by atoms with Gasteiger partial charge in [-0.3, -0.25) is 14.3 Å². The summed E-state index contributed by atoms with van der Waals surface area (Å²) in [6, 6.07) is 8.65. The number of fused-ring (bicyclic) bond motifs is 3. The highest BCUT2D eigenvalue weighted by molar-refractivity contribution is 6.00. The minimum Gasteiger partial charge on any atom is -0.494 e. The molecule has 2 aliphatic heterocycles. The van der Waals surface area contributed by atoms with Crippen LogP contribution in [-0.4, -0.2) is 64.9 Å². The van der Waals surface area contributed by atoms with Gasteiger partial charge in [0.15, 0.2) is 11.5 Å². The van der Waals surface area contributed by atoms with Crippen molar-refractivity contribution in [1.82, 2.24) is 20.1 Å². The quantitative estimate of drug-likeness (QED) is 0.262. The Morgan fingerprint density at radius 3 is 2.61 bits per heavy atom. The predicted octanol–water partition coefficient (Wildman–Crippen LogP) is 3.49. The normalized spacial score (nSPS) is 19.8. The smallest absolute Gasteiger partial charge is 0.424 e. The van der Waals surface area contributed by atoms with Gasteiger partial charge in [-0.05, 0) is 56.2 Å². The SMILES string of the molecule is COc1cc(C(=O)NCC(O)(c2cc3c(c(-c4ccc5c(c4)OCO5)n2)OC[C@]3(C)C(N)=O)C(F)(F)F)cc2cn(C3CC3)nc12. The zero-order valence-corrected chi connectivity index (χ0v) is 24.6. The summed E-state index contributed by atoms with van der Waals surface area (Å²) in [5.41, 5.74) is 0.265. The third-order valence-corrected chi connectivity index (χ3v) is 8.65. The molecule has 46 heavy (non-hydrogen) atoms. The molecular weight excluding hydrogens is 611 g/mol. The van der Waals surface area contributed by atoms with E-state index in [2.05, 4.69) is 15.4 Å². The van der Waals surface area contributed by atoms with E-state index in [-0.39, 0.29) is 53.3 Å². The molecule has 4 heterocycles. The molecule has 1 aliphatic carbocycles. The van der Waals surface area contributed by atoms with E-state index < -0.39 is 41.2 Å². The molecule has 2 amide bonds. The van der Waals surface area contributed by atoms with Crippen molar-refractivity contribution >= 4 is 22.7 Å². The minimum absolute atomic E-state index is 0.00175. The average Bonchev–Trinajstić information content (AvgIpc) is 3.45. The summed E-state index contributed by atoms with van der Waals surface area (Å²) in [5, 5.41) is 18.7. The number of ether oxygens (including phenoxy) is 4. The van der Waals surface area contributed by atoms with Gasteiger partial charge in [0.2, 0.25) is 18.3 Å². The third kappa shape index (κ3) is 4.64. The van der Waals surface area contributed by atoms with Crippen LogP contribution < -0.4 is 30.0 Å². The molecule has 7 rings (SSSR count). The summed E-state index contributed by atoms with van der Waals surface area (Å²) in [7, 11) is 1.40. The van der Waals surface area contributed by atoms with Gasteiger partial charge in [0.25, 0.3) is 5.91 Å². The molecular formula is C31H28F3N5O7. The Morgan fingerprint density at radius 2 is 1.91 bits per heavy atom. The summed E-state index contributed by atoms with van der Waals surface area (Å²) in [6.45, 7) is -0.186. The number of hydrogen-bond donors (Lipinski definition) is 3. The molecule has 15 heteroatoms. The molecule has 0 radical (unpaired) electrons. The summed E-state index contributed by atoms with van der Waals surface area (Å²) in [6.07, 6.45) is -1.64. The molecule has 1 saturated carbocycles. The Labute approximate surface area is 259 Å². The molecule has 12 nitrogen and oxygen atoms in total. The van der Waals surface area contributed by atoms with Gasteiger partial charge in [-0.25, -0.2) is 4.98 Å². The number of aromatic nitrogens is 3. The number of nitrogens with zero attached hydrogens (tertiary/aromatic N) is 3. The van der Waals surface area contributed by atoms with E-state index >= 15 is 0 Å². The zero-order valence-electron chi connectivity index (χ0n) is 24.6. The summed E-state index contributed by atoms with van der Waals surface area (Å²) >= 11 is 0. The third-order valence-electron chi connectivity index (χ3n) is 8.65. The van der Waals surface area contributed by atoms with Crippen molar-refractivity contribution in [2.24, 2.45) is 5.73 Å². The van der Waals surface area contributed by atoms with Crippen LogP contribution in [0.15, 0.2) is 42.6 Å². The summed E-state index contributed by atoms with van der Waals surface area (Å²) < 4.78 is 68.2. The zero-order chi connectivity index (χ0) is 32.6. The first-order chi connectivity index (χ1) is 21.8. The van der Waals surface area contributed by atoms with Crippen LogP contribution in [0.5, 0.6) is 23.0 Å². The number of primary amides is 1. The largest absolute Gasteiger partial charge is 0.494 e. The fourth-order valence-corrected chi connectivity index (χ4v) is 5.62. The molecule has 240 valence electrons.